The minimum absolute atomic E-state index is 0.0177. The van der Waals surface area contributed by atoms with Crippen LogP contribution in [0.25, 0.3) is 0 Å². The molecule has 7 N–H and O–H groups in total. The Hall–Kier alpha value is -1.21. The Labute approximate surface area is 256 Å². The number of carbonyl (C=O) groups is 1. The van der Waals surface area contributed by atoms with Crippen LogP contribution in [0.2, 0.25) is 0 Å². The zero-order valence-electron chi connectivity index (χ0n) is 24.3. The van der Waals surface area contributed by atoms with Crippen molar-refractivity contribution in [3.05, 3.63) is 0 Å². The van der Waals surface area contributed by atoms with Crippen molar-refractivity contribution in [2.45, 2.75) is 123 Å². The number of aliphatic hydroxyl groups excluding tert-OH is 6. The third-order valence-corrected chi connectivity index (χ3v) is 9.02. The van der Waals surface area contributed by atoms with Crippen LogP contribution < -0.4 is 0 Å². The summed E-state index contributed by atoms with van der Waals surface area (Å²) in [5, 5.41) is 73.7. The molecule has 0 radical (unpaired) electrons. The first-order chi connectivity index (χ1) is 21.6. The Kier molecular flexibility index (Phi) is 10.3. The second kappa shape index (κ2) is 13.7. The van der Waals surface area contributed by atoms with Gasteiger partial charge in [0, 0.05) is 20.6 Å². The number of methoxy groups -OCH3 is 2. The maximum absolute atomic E-state index is 12.0. The highest BCUT2D eigenvalue weighted by atomic mass is 16.8. The van der Waals surface area contributed by atoms with E-state index in [4.69, 9.17) is 52.1 Å². The van der Waals surface area contributed by atoms with Gasteiger partial charge in [0.15, 0.2) is 31.3 Å². The molecule has 6 aliphatic rings. The highest BCUT2D eigenvalue weighted by Crippen LogP contribution is 2.39. The van der Waals surface area contributed by atoms with Crippen LogP contribution in [0.4, 0.5) is 0 Å². The van der Waals surface area contributed by atoms with Gasteiger partial charge in [-0.2, -0.15) is 0 Å². The summed E-state index contributed by atoms with van der Waals surface area (Å²) in [5.74, 6) is -1.58. The van der Waals surface area contributed by atoms with Crippen LogP contribution in [-0.2, 0) is 56.9 Å². The molecule has 0 aromatic rings. The lowest BCUT2D eigenvalue weighted by Crippen LogP contribution is -2.66. The van der Waals surface area contributed by atoms with Crippen LogP contribution in [0.1, 0.15) is 6.42 Å². The van der Waals surface area contributed by atoms with E-state index in [2.05, 4.69) is 0 Å². The molecule has 19 unspecified atom stereocenters. The van der Waals surface area contributed by atoms with Gasteiger partial charge < -0.3 is 87.9 Å². The Bertz CT molecular complexity index is 1020. The summed E-state index contributed by atoms with van der Waals surface area (Å²) < 4.78 is 61.8. The average molecular weight is 657 g/mol. The minimum atomic E-state index is -1.94. The van der Waals surface area contributed by atoms with Crippen LogP contribution in [0.3, 0.4) is 0 Å². The number of hydrogen-bond donors (Lipinski definition) is 7. The van der Waals surface area contributed by atoms with Crippen molar-refractivity contribution >= 4 is 5.97 Å². The number of aliphatic carboxylic acids is 1. The van der Waals surface area contributed by atoms with Gasteiger partial charge in [-0.1, -0.05) is 0 Å². The summed E-state index contributed by atoms with van der Waals surface area (Å²) in [6, 6.07) is 0. The van der Waals surface area contributed by atoms with Gasteiger partial charge in [-0.25, -0.2) is 4.79 Å². The summed E-state index contributed by atoms with van der Waals surface area (Å²) in [6.45, 7) is -0.392. The maximum Gasteiger partial charge on any atom is 0.335 e. The standard InChI is InChI=1S/C26H40O19/c1-35-8-3-7(4-27)39-24(11(8)28)42-17-10-6-38-20(17)15(32)25(41-10)44-18-12(29)21(22(33)34)45-26(13(18)30)43-16-9-5-37-19(16)14(31)23(36-2)40-9/h7-21,23-32H,3-6H2,1-2H3,(H,33,34). The van der Waals surface area contributed by atoms with Crippen molar-refractivity contribution in [2.75, 3.05) is 34.0 Å². The van der Waals surface area contributed by atoms with Crippen LogP contribution in [0, 0.1) is 0 Å². The van der Waals surface area contributed by atoms with Gasteiger partial charge in [0.05, 0.1) is 32.0 Å². The molecule has 6 heterocycles. The number of fused-ring (bicyclic) bond motifs is 4. The van der Waals surface area contributed by atoms with Crippen molar-refractivity contribution in [1.29, 1.82) is 0 Å². The van der Waals surface area contributed by atoms with Gasteiger partial charge in [0.25, 0.3) is 0 Å². The van der Waals surface area contributed by atoms with E-state index in [0.29, 0.717) is 0 Å². The smallest absolute Gasteiger partial charge is 0.335 e. The van der Waals surface area contributed by atoms with E-state index in [0.717, 1.165) is 0 Å². The number of rotatable bonds is 10. The van der Waals surface area contributed by atoms with Crippen molar-refractivity contribution in [3.8, 4) is 0 Å². The molecule has 0 aromatic carbocycles. The molecule has 0 spiro atoms. The number of carboxylic acids is 1. The van der Waals surface area contributed by atoms with Gasteiger partial charge in [-0.3, -0.25) is 0 Å². The zero-order chi connectivity index (χ0) is 32.2. The first-order valence-electron chi connectivity index (χ1n) is 14.7. The second-order valence-corrected chi connectivity index (χ2v) is 11.8. The molecule has 0 amide bonds. The molecule has 0 aromatic heterocycles. The van der Waals surface area contributed by atoms with E-state index in [1.807, 2.05) is 0 Å². The quantitative estimate of drug-likeness (QED) is 0.116. The molecule has 6 aliphatic heterocycles. The predicted molar refractivity (Wildman–Crippen MR) is 136 cm³/mol. The highest BCUT2D eigenvalue weighted by Gasteiger charge is 2.59. The average Bonchev–Trinajstić information content (AvgIpc) is 3.50. The van der Waals surface area contributed by atoms with E-state index < -0.39 is 123 Å². The molecular formula is C26H40O19. The molecule has 0 saturated carbocycles. The number of hydrogen-bond acceptors (Lipinski definition) is 18. The molecule has 19 heteroatoms. The number of aliphatic hydroxyl groups is 6. The van der Waals surface area contributed by atoms with Gasteiger partial charge in [0.1, 0.15) is 73.2 Å². The first-order valence-corrected chi connectivity index (χ1v) is 14.7. The van der Waals surface area contributed by atoms with Gasteiger partial charge in [-0.15, -0.1) is 0 Å². The molecule has 6 rings (SSSR count). The number of ether oxygens (including phenoxy) is 11. The summed E-state index contributed by atoms with van der Waals surface area (Å²) in [7, 11) is 2.74. The largest absolute Gasteiger partial charge is 0.479 e. The van der Waals surface area contributed by atoms with Crippen LogP contribution >= 0.6 is 0 Å². The molecule has 19 atom stereocenters. The summed E-state index contributed by atoms with van der Waals surface area (Å²) in [6.07, 6.45) is -23.7. The minimum Gasteiger partial charge on any atom is -0.479 e. The molecule has 19 nitrogen and oxygen atoms in total. The first kappa shape index (κ1) is 33.7. The lowest BCUT2D eigenvalue weighted by molar-refractivity contribution is -0.366. The summed E-state index contributed by atoms with van der Waals surface area (Å²) >= 11 is 0. The third kappa shape index (κ3) is 6.24. The second-order valence-electron chi connectivity index (χ2n) is 11.8. The molecule has 45 heavy (non-hydrogen) atoms. The predicted octanol–water partition coefficient (Wildman–Crippen LogP) is -5.23. The van der Waals surface area contributed by atoms with E-state index in [-0.39, 0.29) is 26.2 Å². The lowest BCUT2D eigenvalue weighted by Gasteiger charge is -2.46. The van der Waals surface area contributed by atoms with Crippen molar-refractivity contribution in [2.24, 2.45) is 0 Å². The van der Waals surface area contributed by atoms with Gasteiger partial charge >= 0.3 is 5.97 Å². The molecule has 6 saturated heterocycles. The molecule has 0 aliphatic carbocycles. The van der Waals surface area contributed by atoms with Crippen molar-refractivity contribution < 1.29 is 92.6 Å². The Morgan fingerprint density at radius 2 is 1.20 bits per heavy atom. The fraction of sp³-hybridized carbons (Fsp3) is 0.962. The highest BCUT2D eigenvalue weighted by molar-refractivity contribution is 5.73. The zero-order valence-corrected chi connectivity index (χ0v) is 24.3. The van der Waals surface area contributed by atoms with E-state index >= 15 is 0 Å². The fourth-order valence-corrected chi connectivity index (χ4v) is 6.63. The Morgan fingerprint density at radius 1 is 0.667 bits per heavy atom. The normalized spacial score (nSPS) is 53.0. The Balaban J connectivity index is 1.14. The Morgan fingerprint density at radius 3 is 1.76 bits per heavy atom. The molecular weight excluding hydrogens is 616 g/mol. The number of carboxylic acid groups (broad SMARTS) is 1. The summed E-state index contributed by atoms with van der Waals surface area (Å²) in [5.41, 5.74) is 0. The van der Waals surface area contributed by atoms with E-state index in [9.17, 15) is 40.5 Å². The topological polar surface area (TPSA) is 260 Å². The molecule has 258 valence electrons. The van der Waals surface area contributed by atoms with Gasteiger partial charge in [-0.05, 0) is 0 Å². The SMILES string of the molecule is COC1CC(CO)OC(OC2C3COC2C(O)C(OC2C(O)C(OC4C5COC4C(O)C(OC)O5)OC(C(=O)O)C2O)O3)C1O. The van der Waals surface area contributed by atoms with Crippen LogP contribution in [0.5, 0.6) is 0 Å². The van der Waals surface area contributed by atoms with E-state index in [1.165, 1.54) is 14.2 Å². The molecule has 4 bridgehead atoms. The van der Waals surface area contributed by atoms with Crippen molar-refractivity contribution in [1.82, 2.24) is 0 Å². The summed E-state index contributed by atoms with van der Waals surface area (Å²) in [4.78, 5) is 12.0. The molecule has 6 fully saturated rings. The van der Waals surface area contributed by atoms with Crippen LogP contribution in [0.15, 0.2) is 0 Å². The van der Waals surface area contributed by atoms with Gasteiger partial charge in [0.2, 0.25) is 0 Å². The third-order valence-electron chi connectivity index (χ3n) is 9.02. The van der Waals surface area contributed by atoms with Crippen molar-refractivity contribution in [3.63, 3.8) is 0 Å². The maximum atomic E-state index is 12.0. The van der Waals surface area contributed by atoms with Crippen LogP contribution in [-0.4, -0.2) is 192 Å². The lowest BCUT2D eigenvalue weighted by atomic mass is 9.96. The fourth-order valence-electron chi connectivity index (χ4n) is 6.63. The monoisotopic (exact) mass is 656 g/mol. The van der Waals surface area contributed by atoms with E-state index in [1.54, 1.807) is 0 Å².